The van der Waals surface area contributed by atoms with Gasteiger partial charge in [-0.2, -0.15) is 13.5 Å². The average molecular weight is 310 g/mol. The van der Waals surface area contributed by atoms with Crippen LogP contribution >= 0.6 is 0 Å². The van der Waals surface area contributed by atoms with Crippen molar-refractivity contribution in [3.8, 4) is 0 Å². The van der Waals surface area contributed by atoms with Crippen LogP contribution in [-0.4, -0.2) is 31.2 Å². The number of nitrogen functional groups attached to an aromatic ring is 1. The molecule has 1 heterocycles. The fourth-order valence-electron chi connectivity index (χ4n) is 1.62. The predicted molar refractivity (Wildman–Crippen MR) is 76.2 cm³/mol. The molecule has 0 radical (unpaired) electrons. The fraction of sp³-hybridized carbons (Fsp3) is 0.167. The molecule has 0 aliphatic heterocycles. The maximum absolute atomic E-state index is 12.3. The molecule has 21 heavy (non-hydrogen) atoms. The summed E-state index contributed by atoms with van der Waals surface area (Å²) in [5, 5.41) is 5.49. The minimum atomic E-state index is -4.04. The molecular weight excluding hydrogens is 296 g/mol. The number of hydrogen-bond donors (Lipinski definition) is 3. The number of H-pyrrole nitrogens is 1. The summed E-state index contributed by atoms with van der Waals surface area (Å²) in [6, 6.07) is 6.37. The number of benzene rings is 1. The van der Waals surface area contributed by atoms with Crippen molar-refractivity contribution < 1.29 is 17.9 Å². The SMILES string of the molecule is CCOC(=O)c1cn[nH]c1S(=O)(=O)Nc1ccccc1N. The number of rotatable bonds is 5. The van der Waals surface area contributed by atoms with E-state index in [1.807, 2.05) is 0 Å². The highest BCUT2D eigenvalue weighted by atomic mass is 32.2. The maximum Gasteiger partial charge on any atom is 0.342 e. The van der Waals surface area contributed by atoms with Gasteiger partial charge in [-0.25, -0.2) is 4.79 Å². The summed E-state index contributed by atoms with van der Waals surface area (Å²) in [6.45, 7) is 1.75. The average Bonchev–Trinajstić information content (AvgIpc) is 2.92. The molecule has 0 amide bonds. The zero-order chi connectivity index (χ0) is 15.5. The number of carbonyl (C=O) groups excluding carboxylic acids is 1. The van der Waals surface area contributed by atoms with Gasteiger partial charge in [-0.3, -0.25) is 9.82 Å². The summed E-state index contributed by atoms with van der Waals surface area (Å²) < 4.78 is 31.7. The molecule has 8 nitrogen and oxygen atoms in total. The Labute approximate surface area is 121 Å². The van der Waals surface area contributed by atoms with Gasteiger partial charge in [0.15, 0.2) is 5.03 Å². The van der Waals surface area contributed by atoms with Crippen LogP contribution in [0.5, 0.6) is 0 Å². The number of carbonyl (C=O) groups is 1. The van der Waals surface area contributed by atoms with Crippen molar-refractivity contribution in [1.82, 2.24) is 10.2 Å². The van der Waals surface area contributed by atoms with Gasteiger partial charge in [-0.05, 0) is 19.1 Å². The molecule has 0 aliphatic rings. The van der Waals surface area contributed by atoms with Gasteiger partial charge in [0.25, 0.3) is 10.0 Å². The zero-order valence-corrected chi connectivity index (χ0v) is 12.0. The molecule has 2 rings (SSSR count). The van der Waals surface area contributed by atoms with Gasteiger partial charge in [0.2, 0.25) is 0 Å². The number of esters is 1. The molecule has 0 atom stereocenters. The number of aromatic amines is 1. The largest absolute Gasteiger partial charge is 0.462 e. The summed E-state index contributed by atoms with van der Waals surface area (Å²) in [7, 11) is -4.04. The summed E-state index contributed by atoms with van der Waals surface area (Å²) in [5.74, 6) is -0.771. The van der Waals surface area contributed by atoms with Crippen molar-refractivity contribution in [3.05, 3.63) is 36.0 Å². The Hall–Kier alpha value is -2.55. The van der Waals surface area contributed by atoms with Crippen LogP contribution in [0.3, 0.4) is 0 Å². The topological polar surface area (TPSA) is 127 Å². The second-order valence-electron chi connectivity index (χ2n) is 4.03. The molecule has 112 valence electrons. The number of aromatic nitrogens is 2. The number of ether oxygens (including phenoxy) is 1. The lowest BCUT2D eigenvalue weighted by Crippen LogP contribution is -2.18. The maximum atomic E-state index is 12.3. The highest BCUT2D eigenvalue weighted by Crippen LogP contribution is 2.22. The number of nitrogens with one attached hydrogen (secondary N) is 2. The molecular formula is C12H14N4O4S. The first-order valence-electron chi connectivity index (χ1n) is 6.03. The van der Waals surface area contributed by atoms with Crippen molar-refractivity contribution in [2.75, 3.05) is 17.1 Å². The number of para-hydroxylation sites is 2. The van der Waals surface area contributed by atoms with E-state index in [0.29, 0.717) is 0 Å². The summed E-state index contributed by atoms with van der Waals surface area (Å²) in [4.78, 5) is 11.7. The number of anilines is 2. The molecule has 0 saturated carbocycles. The van der Waals surface area contributed by atoms with Crippen molar-refractivity contribution in [1.29, 1.82) is 0 Å². The van der Waals surface area contributed by atoms with Crippen LogP contribution < -0.4 is 10.5 Å². The minimum Gasteiger partial charge on any atom is -0.462 e. The van der Waals surface area contributed by atoms with E-state index in [4.69, 9.17) is 10.5 Å². The zero-order valence-electron chi connectivity index (χ0n) is 11.2. The van der Waals surface area contributed by atoms with Crippen LogP contribution in [0.4, 0.5) is 11.4 Å². The lowest BCUT2D eigenvalue weighted by molar-refractivity contribution is 0.0522. The number of nitrogens with zero attached hydrogens (tertiary/aromatic N) is 1. The first kappa shape index (κ1) is 14.9. The first-order valence-corrected chi connectivity index (χ1v) is 7.52. The van der Waals surface area contributed by atoms with E-state index in [1.165, 1.54) is 6.07 Å². The standard InChI is InChI=1S/C12H14N4O4S/c1-2-20-12(17)8-7-14-15-11(8)21(18,19)16-10-6-4-3-5-9(10)13/h3-7,16H,2,13H2,1H3,(H,14,15). The van der Waals surface area contributed by atoms with Gasteiger partial charge >= 0.3 is 5.97 Å². The second kappa shape index (κ2) is 5.83. The monoisotopic (exact) mass is 310 g/mol. The molecule has 1 aromatic carbocycles. The third kappa shape index (κ3) is 3.14. The van der Waals surface area contributed by atoms with Crippen molar-refractivity contribution in [2.45, 2.75) is 11.9 Å². The fourth-order valence-corrected chi connectivity index (χ4v) is 2.80. The van der Waals surface area contributed by atoms with Gasteiger partial charge in [-0.1, -0.05) is 12.1 Å². The number of hydrogen-bond acceptors (Lipinski definition) is 6. The van der Waals surface area contributed by atoms with Crippen LogP contribution in [0.2, 0.25) is 0 Å². The van der Waals surface area contributed by atoms with Gasteiger partial charge in [0, 0.05) is 0 Å². The van der Waals surface area contributed by atoms with Crippen LogP contribution in [0.15, 0.2) is 35.5 Å². The van der Waals surface area contributed by atoms with Crippen molar-refractivity contribution in [2.24, 2.45) is 0 Å². The van der Waals surface area contributed by atoms with Crippen molar-refractivity contribution >= 4 is 27.4 Å². The van der Waals surface area contributed by atoms with Crippen molar-refractivity contribution in [3.63, 3.8) is 0 Å². The molecule has 0 aliphatic carbocycles. The summed E-state index contributed by atoms with van der Waals surface area (Å²) in [5.41, 5.74) is 5.99. The molecule has 0 fully saturated rings. The van der Waals surface area contributed by atoms with E-state index < -0.39 is 16.0 Å². The first-order chi connectivity index (χ1) is 9.95. The number of sulfonamides is 1. The van der Waals surface area contributed by atoms with Gasteiger partial charge in [0.05, 0.1) is 24.2 Å². The van der Waals surface area contributed by atoms with E-state index in [1.54, 1.807) is 25.1 Å². The van der Waals surface area contributed by atoms with Gasteiger partial charge in [-0.15, -0.1) is 0 Å². The van der Waals surface area contributed by atoms with Crippen LogP contribution in [0, 0.1) is 0 Å². The third-order valence-corrected chi connectivity index (χ3v) is 3.91. The summed E-state index contributed by atoms with van der Waals surface area (Å²) in [6.07, 6.45) is 1.10. The Bertz CT molecular complexity index is 754. The smallest absolute Gasteiger partial charge is 0.342 e. The van der Waals surface area contributed by atoms with Crippen LogP contribution in [-0.2, 0) is 14.8 Å². The second-order valence-corrected chi connectivity index (χ2v) is 5.65. The molecule has 0 saturated heterocycles. The normalized spacial score (nSPS) is 11.1. The Morgan fingerprint density at radius 2 is 2.14 bits per heavy atom. The third-order valence-electron chi connectivity index (χ3n) is 2.57. The van der Waals surface area contributed by atoms with Gasteiger partial charge < -0.3 is 10.5 Å². The van der Waals surface area contributed by atoms with Crippen LogP contribution in [0.1, 0.15) is 17.3 Å². The van der Waals surface area contributed by atoms with Crippen LogP contribution in [0.25, 0.3) is 0 Å². The molecule has 4 N–H and O–H groups in total. The van der Waals surface area contributed by atoms with E-state index in [0.717, 1.165) is 6.20 Å². The van der Waals surface area contributed by atoms with E-state index in [9.17, 15) is 13.2 Å². The Morgan fingerprint density at radius 3 is 2.81 bits per heavy atom. The van der Waals surface area contributed by atoms with E-state index in [2.05, 4.69) is 14.9 Å². The Balaban J connectivity index is 2.35. The predicted octanol–water partition coefficient (Wildman–Crippen LogP) is 0.969. The highest BCUT2D eigenvalue weighted by molar-refractivity contribution is 7.92. The van der Waals surface area contributed by atoms with Gasteiger partial charge in [0.1, 0.15) is 5.56 Å². The molecule has 2 aromatic rings. The Morgan fingerprint density at radius 1 is 1.43 bits per heavy atom. The summed E-state index contributed by atoms with van der Waals surface area (Å²) >= 11 is 0. The molecule has 9 heteroatoms. The highest BCUT2D eigenvalue weighted by Gasteiger charge is 2.26. The quantitative estimate of drug-likeness (QED) is 0.558. The molecule has 0 unspecified atom stereocenters. The minimum absolute atomic E-state index is 0.128. The van der Waals surface area contributed by atoms with E-state index >= 15 is 0 Å². The lowest BCUT2D eigenvalue weighted by atomic mass is 10.3. The molecule has 0 spiro atoms. The number of nitrogens with two attached hydrogens (primary N) is 1. The molecule has 0 bridgehead atoms. The Kier molecular flexibility index (Phi) is 4.13. The lowest BCUT2D eigenvalue weighted by Gasteiger charge is -2.09. The van der Waals surface area contributed by atoms with E-state index in [-0.39, 0.29) is 28.6 Å². The molecule has 1 aromatic heterocycles.